The minimum absolute atomic E-state index is 0.0367. The lowest BCUT2D eigenvalue weighted by Crippen LogP contribution is -2.50. The van der Waals surface area contributed by atoms with Crippen LogP contribution in [0.3, 0.4) is 0 Å². The largest absolute Gasteiger partial charge is 0.485 e. The van der Waals surface area contributed by atoms with Crippen molar-refractivity contribution < 1.29 is 27.1 Å². The summed E-state index contributed by atoms with van der Waals surface area (Å²) in [5.41, 5.74) is 0.592. The molecular formula is C20H20FNO5S. The summed E-state index contributed by atoms with van der Waals surface area (Å²) in [6, 6.07) is 12.5. The molecule has 0 saturated carbocycles. The van der Waals surface area contributed by atoms with Gasteiger partial charge in [0.2, 0.25) is 6.10 Å². The van der Waals surface area contributed by atoms with Gasteiger partial charge in [-0.25, -0.2) is 12.8 Å². The highest BCUT2D eigenvalue weighted by Crippen LogP contribution is 2.32. The number of sulfone groups is 1. The maximum atomic E-state index is 13.6. The first-order valence-corrected chi connectivity index (χ1v) is 10.9. The van der Waals surface area contributed by atoms with E-state index in [-0.39, 0.29) is 30.6 Å². The minimum atomic E-state index is -3.19. The van der Waals surface area contributed by atoms with Gasteiger partial charge >= 0.3 is 0 Å². The van der Waals surface area contributed by atoms with Gasteiger partial charge in [-0.3, -0.25) is 4.79 Å². The molecule has 0 aromatic heterocycles. The van der Waals surface area contributed by atoms with Gasteiger partial charge in [0.25, 0.3) is 5.91 Å². The van der Waals surface area contributed by atoms with E-state index in [4.69, 9.17) is 9.47 Å². The molecule has 2 aromatic carbocycles. The van der Waals surface area contributed by atoms with Crippen molar-refractivity contribution in [2.75, 3.05) is 18.1 Å². The number of fused-ring (bicyclic) bond motifs is 1. The van der Waals surface area contributed by atoms with Gasteiger partial charge in [-0.05, 0) is 36.2 Å². The summed E-state index contributed by atoms with van der Waals surface area (Å²) >= 11 is 0. The SMILES string of the molecule is O=C([C@@H]1COc2ccccc2O1)N(Cc1cccc(F)c1)[C@@H]1CCS(=O)(=O)C1. The number of hydrogen-bond acceptors (Lipinski definition) is 5. The van der Waals surface area contributed by atoms with E-state index in [1.165, 1.54) is 17.0 Å². The summed E-state index contributed by atoms with van der Waals surface area (Å²) in [5, 5.41) is 0. The number of hydrogen-bond donors (Lipinski definition) is 0. The van der Waals surface area contributed by atoms with Gasteiger partial charge in [0.05, 0.1) is 11.5 Å². The van der Waals surface area contributed by atoms with Crippen LogP contribution in [0, 0.1) is 5.82 Å². The Bertz CT molecular complexity index is 994. The Morgan fingerprint density at radius 1 is 1.14 bits per heavy atom. The molecule has 8 heteroatoms. The van der Waals surface area contributed by atoms with Crippen LogP contribution >= 0.6 is 0 Å². The van der Waals surface area contributed by atoms with E-state index in [0.717, 1.165) is 0 Å². The third-order valence-electron chi connectivity index (χ3n) is 4.96. The molecule has 6 nitrogen and oxygen atoms in total. The molecule has 0 radical (unpaired) electrons. The number of benzene rings is 2. The second kappa shape index (κ2) is 7.43. The highest BCUT2D eigenvalue weighted by Gasteiger charge is 2.39. The Morgan fingerprint density at radius 2 is 1.93 bits per heavy atom. The molecule has 1 fully saturated rings. The smallest absolute Gasteiger partial charge is 0.267 e. The van der Waals surface area contributed by atoms with Gasteiger partial charge in [0.15, 0.2) is 21.3 Å². The summed E-state index contributed by atoms with van der Waals surface area (Å²) in [6.45, 7) is 0.146. The van der Waals surface area contributed by atoms with Gasteiger partial charge in [-0.2, -0.15) is 0 Å². The molecule has 0 unspecified atom stereocenters. The van der Waals surface area contributed by atoms with E-state index in [1.807, 2.05) is 6.07 Å². The van der Waals surface area contributed by atoms with E-state index < -0.39 is 27.8 Å². The number of para-hydroxylation sites is 2. The molecule has 0 bridgehead atoms. The quantitative estimate of drug-likeness (QED) is 0.780. The van der Waals surface area contributed by atoms with E-state index in [0.29, 0.717) is 23.5 Å². The Hall–Kier alpha value is -2.61. The predicted molar refractivity (Wildman–Crippen MR) is 100 cm³/mol. The monoisotopic (exact) mass is 405 g/mol. The van der Waals surface area contributed by atoms with Crippen LogP contribution in [0.25, 0.3) is 0 Å². The molecule has 0 aliphatic carbocycles. The van der Waals surface area contributed by atoms with Gasteiger partial charge < -0.3 is 14.4 Å². The second-order valence-corrected chi connectivity index (χ2v) is 9.25. The molecule has 1 saturated heterocycles. The Morgan fingerprint density at radius 3 is 2.64 bits per heavy atom. The molecular weight excluding hydrogens is 385 g/mol. The number of carbonyl (C=O) groups is 1. The molecule has 2 heterocycles. The first-order chi connectivity index (χ1) is 13.4. The zero-order valence-corrected chi connectivity index (χ0v) is 15.9. The highest BCUT2D eigenvalue weighted by molar-refractivity contribution is 7.91. The molecule has 2 aliphatic heterocycles. The fourth-order valence-corrected chi connectivity index (χ4v) is 5.30. The van der Waals surface area contributed by atoms with Crippen molar-refractivity contribution in [3.05, 3.63) is 59.9 Å². The zero-order valence-electron chi connectivity index (χ0n) is 15.1. The van der Waals surface area contributed by atoms with Crippen LogP contribution in [0.1, 0.15) is 12.0 Å². The Balaban J connectivity index is 1.58. The second-order valence-electron chi connectivity index (χ2n) is 7.02. The van der Waals surface area contributed by atoms with Crippen LogP contribution in [0.5, 0.6) is 11.5 Å². The molecule has 4 rings (SSSR count). The molecule has 148 valence electrons. The van der Waals surface area contributed by atoms with Crippen LogP contribution in [-0.2, 0) is 21.2 Å². The molecule has 2 aromatic rings. The van der Waals surface area contributed by atoms with Gasteiger partial charge in [0, 0.05) is 12.6 Å². The van der Waals surface area contributed by atoms with Gasteiger partial charge in [-0.1, -0.05) is 24.3 Å². The summed E-state index contributed by atoms with van der Waals surface area (Å²) in [4.78, 5) is 14.7. The lowest BCUT2D eigenvalue weighted by molar-refractivity contribution is -0.143. The fraction of sp³-hybridized carbons (Fsp3) is 0.350. The van der Waals surface area contributed by atoms with Crippen LogP contribution < -0.4 is 9.47 Å². The molecule has 2 atom stereocenters. The lowest BCUT2D eigenvalue weighted by atomic mass is 10.1. The van der Waals surface area contributed by atoms with Crippen molar-refractivity contribution >= 4 is 15.7 Å². The Labute approximate surface area is 162 Å². The highest BCUT2D eigenvalue weighted by atomic mass is 32.2. The average Bonchev–Trinajstić information content (AvgIpc) is 3.05. The van der Waals surface area contributed by atoms with E-state index in [9.17, 15) is 17.6 Å². The number of carbonyl (C=O) groups excluding carboxylic acids is 1. The van der Waals surface area contributed by atoms with Crippen molar-refractivity contribution in [3.8, 4) is 11.5 Å². The summed E-state index contributed by atoms with van der Waals surface area (Å²) in [6.07, 6.45) is -0.528. The topological polar surface area (TPSA) is 72.9 Å². The first-order valence-electron chi connectivity index (χ1n) is 9.05. The normalized spacial score (nSPS) is 22.6. The Kier molecular flexibility index (Phi) is 4.97. The number of amides is 1. The molecule has 0 spiro atoms. The van der Waals surface area contributed by atoms with Crippen molar-refractivity contribution in [1.29, 1.82) is 0 Å². The third kappa shape index (κ3) is 3.96. The van der Waals surface area contributed by atoms with Crippen LogP contribution in [0.15, 0.2) is 48.5 Å². The summed E-state index contributed by atoms with van der Waals surface area (Å²) < 4.78 is 49.0. The number of rotatable bonds is 4. The maximum Gasteiger partial charge on any atom is 0.267 e. The summed E-state index contributed by atoms with van der Waals surface area (Å²) in [7, 11) is -3.19. The number of ether oxygens (including phenoxy) is 2. The molecule has 1 amide bonds. The van der Waals surface area contributed by atoms with Gasteiger partial charge in [0.1, 0.15) is 12.4 Å². The molecule has 0 N–H and O–H groups in total. The number of halogens is 1. The third-order valence-corrected chi connectivity index (χ3v) is 6.71. The van der Waals surface area contributed by atoms with E-state index >= 15 is 0 Å². The predicted octanol–water partition coefficient (Wildman–Crippen LogP) is 2.18. The fourth-order valence-electron chi connectivity index (χ4n) is 3.57. The van der Waals surface area contributed by atoms with Crippen molar-refractivity contribution in [2.45, 2.75) is 25.1 Å². The van der Waals surface area contributed by atoms with Crippen LogP contribution in [0.4, 0.5) is 4.39 Å². The number of nitrogens with zero attached hydrogens (tertiary/aromatic N) is 1. The van der Waals surface area contributed by atoms with Crippen LogP contribution in [0.2, 0.25) is 0 Å². The molecule has 2 aliphatic rings. The lowest BCUT2D eigenvalue weighted by Gasteiger charge is -2.34. The summed E-state index contributed by atoms with van der Waals surface area (Å²) in [5.74, 6) is 0.202. The van der Waals surface area contributed by atoms with Crippen molar-refractivity contribution in [2.24, 2.45) is 0 Å². The minimum Gasteiger partial charge on any atom is -0.485 e. The molecule has 28 heavy (non-hydrogen) atoms. The van der Waals surface area contributed by atoms with E-state index in [1.54, 1.807) is 30.3 Å². The standard InChI is InChI=1S/C20H20FNO5S/c21-15-5-3-4-14(10-15)11-22(16-8-9-28(24,25)13-16)20(23)19-12-26-17-6-1-2-7-18(17)27-19/h1-7,10,16,19H,8-9,11-13H2/t16-,19+/m1/s1. The van der Waals surface area contributed by atoms with Gasteiger partial charge in [-0.15, -0.1) is 0 Å². The van der Waals surface area contributed by atoms with E-state index in [2.05, 4.69) is 0 Å². The van der Waals surface area contributed by atoms with Crippen molar-refractivity contribution in [1.82, 2.24) is 4.90 Å². The average molecular weight is 405 g/mol. The maximum absolute atomic E-state index is 13.6. The van der Waals surface area contributed by atoms with Crippen molar-refractivity contribution in [3.63, 3.8) is 0 Å². The van der Waals surface area contributed by atoms with Crippen LogP contribution in [-0.4, -0.2) is 49.5 Å². The zero-order chi connectivity index (χ0) is 19.7. The first kappa shape index (κ1) is 18.7.